The van der Waals surface area contributed by atoms with Crippen molar-refractivity contribution in [3.8, 4) is 23.0 Å². The summed E-state index contributed by atoms with van der Waals surface area (Å²) in [5.74, 6) is 1.74. The number of carbonyl (C=O) groups is 1. The fraction of sp³-hybridized carbons (Fsp3) is 0.0952. The predicted molar refractivity (Wildman–Crippen MR) is 94.7 cm³/mol. The Morgan fingerprint density at radius 2 is 1.69 bits per heavy atom. The van der Waals surface area contributed by atoms with Gasteiger partial charge < -0.3 is 18.9 Å². The lowest BCUT2D eigenvalue weighted by Gasteiger charge is -2.09. The van der Waals surface area contributed by atoms with Gasteiger partial charge in [-0.15, -0.1) is 0 Å². The third-order valence-electron chi connectivity index (χ3n) is 3.87. The normalized spacial score (nSPS) is 11.8. The Bertz CT molecular complexity index is 921. The number of rotatable bonds is 5. The van der Waals surface area contributed by atoms with Crippen molar-refractivity contribution in [3.63, 3.8) is 0 Å². The number of ether oxygens (including phenoxy) is 4. The molecule has 130 valence electrons. The molecule has 0 saturated heterocycles. The first-order chi connectivity index (χ1) is 12.8. The summed E-state index contributed by atoms with van der Waals surface area (Å²) >= 11 is 0. The highest BCUT2D eigenvalue weighted by Gasteiger charge is 2.16. The molecule has 0 amide bonds. The van der Waals surface area contributed by atoms with Gasteiger partial charge in [-0.05, 0) is 35.9 Å². The summed E-state index contributed by atoms with van der Waals surface area (Å²) in [5.41, 5.74) is 1.47. The van der Waals surface area contributed by atoms with Crippen LogP contribution in [0.1, 0.15) is 15.9 Å². The average Bonchev–Trinajstić information content (AvgIpc) is 3.15. The van der Waals surface area contributed by atoms with E-state index in [1.165, 1.54) is 0 Å². The second kappa shape index (κ2) is 7.19. The van der Waals surface area contributed by atoms with E-state index < -0.39 is 5.97 Å². The van der Waals surface area contributed by atoms with Crippen molar-refractivity contribution in [2.24, 2.45) is 0 Å². The maximum atomic E-state index is 12.4. The Labute approximate surface area is 150 Å². The van der Waals surface area contributed by atoms with Crippen molar-refractivity contribution in [2.75, 3.05) is 6.79 Å². The second-order valence-electron chi connectivity index (χ2n) is 5.71. The van der Waals surface area contributed by atoms with Gasteiger partial charge in [-0.3, -0.25) is 0 Å². The third-order valence-corrected chi connectivity index (χ3v) is 3.87. The van der Waals surface area contributed by atoms with Gasteiger partial charge in [0.1, 0.15) is 18.1 Å². The predicted octanol–water partition coefficient (Wildman–Crippen LogP) is 4.21. The number of hydrogen-bond acceptors (Lipinski definition) is 5. The van der Waals surface area contributed by atoms with E-state index >= 15 is 0 Å². The number of carbonyl (C=O) groups excluding carboxylic acids is 1. The van der Waals surface area contributed by atoms with Gasteiger partial charge in [-0.25, -0.2) is 4.79 Å². The van der Waals surface area contributed by atoms with Crippen LogP contribution in [-0.2, 0) is 6.61 Å². The molecule has 1 aliphatic heterocycles. The molecule has 0 unspecified atom stereocenters. The van der Waals surface area contributed by atoms with E-state index in [1.807, 2.05) is 30.3 Å². The largest absolute Gasteiger partial charge is 0.489 e. The Morgan fingerprint density at radius 1 is 0.846 bits per heavy atom. The first-order valence-electron chi connectivity index (χ1n) is 8.16. The lowest BCUT2D eigenvalue weighted by Crippen LogP contribution is -2.08. The first kappa shape index (κ1) is 16.0. The van der Waals surface area contributed by atoms with Crippen LogP contribution in [0.5, 0.6) is 23.0 Å². The highest BCUT2D eigenvalue weighted by molar-refractivity contribution is 5.91. The van der Waals surface area contributed by atoms with Crippen molar-refractivity contribution in [2.45, 2.75) is 6.61 Å². The summed E-state index contributed by atoms with van der Waals surface area (Å²) < 4.78 is 21.7. The number of benzene rings is 3. The van der Waals surface area contributed by atoms with Crippen LogP contribution in [0.4, 0.5) is 0 Å². The summed E-state index contributed by atoms with van der Waals surface area (Å²) in [4.78, 5) is 12.4. The maximum Gasteiger partial charge on any atom is 0.343 e. The van der Waals surface area contributed by atoms with Crippen molar-refractivity contribution in [3.05, 3.63) is 83.9 Å². The number of fused-ring (bicyclic) bond motifs is 1. The Morgan fingerprint density at radius 3 is 2.58 bits per heavy atom. The van der Waals surface area contributed by atoms with E-state index in [2.05, 4.69) is 0 Å². The minimum atomic E-state index is -0.464. The molecule has 5 nitrogen and oxygen atoms in total. The standard InChI is InChI=1S/C21H16O5/c22-21(26-18-9-10-19-20(12-18)25-14-24-19)16-7-4-8-17(11-16)23-13-15-5-2-1-3-6-15/h1-12H,13-14H2. The SMILES string of the molecule is O=C(Oc1ccc2c(c1)OCO2)c1cccc(OCc2ccccc2)c1. The van der Waals surface area contributed by atoms with Gasteiger partial charge >= 0.3 is 5.97 Å². The highest BCUT2D eigenvalue weighted by atomic mass is 16.7. The Balaban J connectivity index is 1.43. The van der Waals surface area contributed by atoms with Crippen LogP contribution >= 0.6 is 0 Å². The quantitative estimate of drug-likeness (QED) is 0.511. The molecule has 0 fully saturated rings. The van der Waals surface area contributed by atoms with Crippen LogP contribution in [0.3, 0.4) is 0 Å². The highest BCUT2D eigenvalue weighted by Crippen LogP contribution is 2.35. The van der Waals surface area contributed by atoms with Crippen LogP contribution in [0, 0.1) is 0 Å². The first-order valence-corrected chi connectivity index (χ1v) is 8.16. The third kappa shape index (κ3) is 3.62. The topological polar surface area (TPSA) is 54.0 Å². The maximum absolute atomic E-state index is 12.4. The zero-order valence-corrected chi connectivity index (χ0v) is 13.9. The molecule has 0 aromatic heterocycles. The molecule has 0 bridgehead atoms. The Kier molecular flexibility index (Phi) is 4.43. The van der Waals surface area contributed by atoms with Gasteiger partial charge in [-0.1, -0.05) is 36.4 Å². The zero-order chi connectivity index (χ0) is 17.8. The minimum absolute atomic E-state index is 0.174. The molecule has 3 aromatic carbocycles. The molecule has 0 N–H and O–H groups in total. The molecule has 0 spiro atoms. The fourth-order valence-electron chi connectivity index (χ4n) is 2.56. The lowest BCUT2D eigenvalue weighted by molar-refractivity contribution is 0.0734. The van der Waals surface area contributed by atoms with E-state index in [-0.39, 0.29) is 6.79 Å². The van der Waals surface area contributed by atoms with Gasteiger partial charge in [-0.2, -0.15) is 0 Å². The van der Waals surface area contributed by atoms with Crippen molar-refractivity contribution >= 4 is 5.97 Å². The van der Waals surface area contributed by atoms with Crippen LogP contribution in [0.25, 0.3) is 0 Å². The van der Waals surface area contributed by atoms with E-state index in [1.54, 1.807) is 42.5 Å². The molecule has 0 saturated carbocycles. The molecule has 3 aromatic rings. The molecule has 0 radical (unpaired) electrons. The lowest BCUT2D eigenvalue weighted by atomic mass is 10.2. The molecule has 5 heteroatoms. The molecule has 1 aliphatic rings. The van der Waals surface area contributed by atoms with Crippen molar-refractivity contribution < 1.29 is 23.7 Å². The average molecular weight is 348 g/mol. The van der Waals surface area contributed by atoms with E-state index in [4.69, 9.17) is 18.9 Å². The van der Waals surface area contributed by atoms with E-state index in [0.717, 1.165) is 5.56 Å². The molecular weight excluding hydrogens is 332 g/mol. The number of esters is 1. The second-order valence-corrected chi connectivity index (χ2v) is 5.71. The van der Waals surface area contributed by atoms with Crippen LogP contribution in [-0.4, -0.2) is 12.8 Å². The zero-order valence-electron chi connectivity index (χ0n) is 13.9. The summed E-state index contributed by atoms with van der Waals surface area (Å²) in [6.45, 7) is 0.606. The van der Waals surface area contributed by atoms with Crippen molar-refractivity contribution in [1.29, 1.82) is 0 Å². The Hall–Kier alpha value is -3.47. The molecule has 1 heterocycles. The summed E-state index contributed by atoms with van der Waals surface area (Å²) in [7, 11) is 0. The smallest absolute Gasteiger partial charge is 0.343 e. The van der Waals surface area contributed by atoms with Gasteiger partial charge in [0, 0.05) is 6.07 Å². The minimum Gasteiger partial charge on any atom is -0.489 e. The van der Waals surface area contributed by atoms with Crippen molar-refractivity contribution in [1.82, 2.24) is 0 Å². The summed E-state index contributed by atoms with van der Waals surface area (Å²) in [5, 5.41) is 0. The molecule has 0 aliphatic carbocycles. The number of hydrogen-bond donors (Lipinski definition) is 0. The van der Waals surface area contributed by atoms with Gasteiger partial charge in [0.05, 0.1) is 5.56 Å². The van der Waals surface area contributed by atoms with E-state index in [0.29, 0.717) is 35.2 Å². The molecular formula is C21H16O5. The van der Waals surface area contributed by atoms with Crippen LogP contribution in [0.15, 0.2) is 72.8 Å². The van der Waals surface area contributed by atoms with E-state index in [9.17, 15) is 4.79 Å². The monoisotopic (exact) mass is 348 g/mol. The summed E-state index contributed by atoms with van der Waals surface area (Å²) in [6, 6.07) is 21.8. The van der Waals surface area contributed by atoms with Crippen LogP contribution in [0.2, 0.25) is 0 Å². The molecule has 4 rings (SSSR count). The van der Waals surface area contributed by atoms with Gasteiger partial charge in [0.15, 0.2) is 11.5 Å². The van der Waals surface area contributed by atoms with Crippen LogP contribution < -0.4 is 18.9 Å². The fourth-order valence-corrected chi connectivity index (χ4v) is 2.56. The molecule has 26 heavy (non-hydrogen) atoms. The molecule has 0 atom stereocenters. The van der Waals surface area contributed by atoms with Gasteiger partial charge in [0.2, 0.25) is 6.79 Å². The summed E-state index contributed by atoms with van der Waals surface area (Å²) in [6.07, 6.45) is 0. The van der Waals surface area contributed by atoms with Gasteiger partial charge in [0.25, 0.3) is 0 Å².